The Kier molecular flexibility index (Phi) is 4.54. The quantitative estimate of drug-likeness (QED) is 0.797. The van der Waals surface area contributed by atoms with Gasteiger partial charge in [0.15, 0.2) is 6.10 Å². The molecule has 0 saturated carbocycles. The van der Waals surface area contributed by atoms with Gasteiger partial charge in [0.25, 0.3) is 0 Å². The number of Topliss-reactive ketones (excluding diaryl/α,β-unsaturated/α-hetero) is 1. The second kappa shape index (κ2) is 6.36. The van der Waals surface area contributed by atoms with E-state index >= 15 is 0 Å². The Balaban J connectivity index is 2.07. The van der Waals surface area contributed by atoms with Gasteiger partial charge >= 0.3 is 0 Å². The van der Waals surface area contributed by atoms with Crippen molar-refractivity contribution >= 4 is 21.7 Å². The van der Waals surface area contributed by atoms with Crippen LogP contribution >= 0.6 is 15.9 Å². The molecule has 0 amide bonds. The van der Waals surface area contributed by atoms with Gasteiger partial charge in [-0.05, 0) is 43.3 Å². The van der Waals surface area contributed by atoms with Crippen molar-refractivity contribution in [1.82, 2.24) is 0 Å². The molecule has 0 aromatic heterocycles. The van der Waals surface area contributed by atoms with Crippen LogP contribution in [0.2, 0.25) is 0 Å². The lowest BCUT2D eigenvalue weighted by molar-refractivity contribution is 0.0818. The molecule has 100 valence electrons. The van der Waals surface area contributed by atoms with E-state index in [1.807, 2.05) is 18.2 Å². The fraction of sp³-hybridized carbons (Fsp3) is 0.125. The fourth-order valence-electron chi connectivity index (χ4n) is 1.71. The van der Waals surface area contributed by atoms with Crippen LogP contribution in [0.3, 0.4) is 0 Å². The molecule has 20 heavy (non-hydrogen) atoms. The van der Waals surface area contributed by atoms with Gasteiger partial charge in [-0.15, -0.1) is 0 Å². The molecule has 0 aliphatic carbocycles. The Morgan fingerprint density at radius 2 is 1.75 bits per heavy atom. The summed E-state index contributed by atoms with van der Waals surface area (Å²) in [6, 6.07) is 15.9. The van der Waals surface area contributed by atoms with Crippen LogP contribution in [-0.2, 0) is 0 Å². The molecule has 1 atom stereocenters. The van der Waals surface area contributed by atoms with E-state index in [1.165, 1.54) is 0 Å². The third kappa shape index (κ3) is 3.46. The summed E-state index contributed by atoms with van der Waals surface area (Å²) in [5.74, 6) is 0.490. The summed E-state index contributed by atoms with van der Waals surface area (Å²) < 4.78 is 6.52. The molecular weight excluding hydrogens is 318 g/mol. The number of carbonyl (C=O) groups is 1. The van der Waals surface area contributed by atoms with Crippen LogP contribution < -0.4 is 4.74 Å². The van der Waals surface area contributed by atoms with Crippen molar-refractivity contribution in [1.29, 1.82) is 5.26 Å². The summed E-state index contributed by atoms with van der Waals surface area (Å²) in [7, 11) is 0. The second-order valence-corrected chi connectivity index (χ2v) is 5.18. The zero-order valence-corrected chi connectivity index (χ0v) is 12.4. The molecule has 0 aliphatic heterocycles. The number of nitriles is 1. The number of ketones is 1. The van der Waals surface area contributed by atoms with E-state index < -0.39 is 6.10 Å². The molecule has 0 aliphatic rings. The molecule has 2 aromatic carbocycles. The Morgan fingerprint density at radius 3 is 2.30 bits per heavy atom. The van der Waals surface area contributed by atoms with Crippen molar-refractivity contribution in [2.75, 3.05) is 0 Å². The van der Waals surface area contributed by atoms with Gasteiger partial charge in [0.2, 0.25) is 5.78 Å². The summed E-state index contributed by atoms with van der Waals surface area (Å²) in [4.78, 5) is 12.2. The molecule has 0 saturated heterocycles. The summed E-state index contributed by atoms with van der Waals surface area (Å²) in [5, 5.41) is 8.72. The van der Waals surface area contributed by atoms with E-state index in [0.717, 1.165) is 4.47 Å². The first-order valence-electron chi connectivity index (χ1n) is 6.07. The monoisotopic (exact) mass is 329 g/mol. The van der Waals surface area contributed by atoms with Gasteiger partial charge in [0.05, 0.1) is 11.6 Å². The number of rotatable bonds is 4. The average Bonchev–Trinajstić information content (AvgIpc) is 2.48. The summed E-state index contributed by atoms with van der Waals surface area (Å²) >= 11 is 3.33. The maximum absolute atomic E-state index is 12.2. The molecule has 4 heteroatoms. The predicted octanol–water partition coefficient (Wildman–Crippen LogP) is 3.97. The van der Waals surface area contributed by atoms with Gasteiger partial charge in [0.1, 0.15) is 5.75 Å². The first-order chi connectivity index (χ1) is 9.60. The van der Waals surface area contributed by atoms with E-state index in [1.54, 1.807) is 43.3 Å². The summed E-state index contributed by atoms with van der Waals surface area (Å²) in [6.45, 7) is 1.71. The zero-order chi connectivity index (χ0) is 14.5. The number of hydrogen-bond donors (Lipinski definition) is 0. The van der Waals surface area contributed by atoms with E-state index in [-0.39, 0.29) is 5.78 Å². The van der Waals surface area contributed by atoms with Gasteiger partial charge in [-0.25, -0.2) is 0 Å². The summed E-state index contributed by atoms with van der Waals surface area (Å²) in [6.07, 6.45) is -0.580. The van der Waals surface area contributed by atoms with E-state index in [9.17, 15) is 4.79 Å². The number of hydrogen-bond acceptors (Lipinski definition) is 3. The molecule has 0 bridgehead atoms. The average molecular weight is 330 g/mol. The number of halogens is 1. The molecule has 0 N–H and O–H groups in total. The maximum Gasteiger partial charge on any atom is 0.202 e. The van der Waals surface area contributed by atoms with Crippen LogP contribution in [0, 0.1) is 11.3 Å². The van der Waals surface area contributed by atoms with Crippen molar-refractivity contribution in [2.24, 2.45) is 0 Å². The van der Waals surface area contributed by atoms with E-state index in [0.29, 0.717) is 16.9 Å². The minimum Gasteiger partial charge on any atom is -0.483 e. The van der Waals surface area contributed by atoms with Crippen molar-refractivity contribution in [3.8, 4) is 11.8 Å². The first-order valence-corrected chi connectivity index (χ1v) is 6.86. The van der Waals surface area contributed by atoms with Gasteiger partial charge < -0.3 is 4.74 Å². The highest BCUT2D eigenvalue weighted by Crippen LogP contribution is 2.17. The Bertz CT molecular complexity index is 642. The molecule has 0 radical (unpaired) electrons. The highest BCUT2D eigenvalue weighted by molar-refractivity contribution is 9.10. The molecule has 3 nitrogen and oxygen atoms in total. The van der Waals surface area contributed by atoms with Crippen molar-refractivity contribution in [3.63, 3.8) is 0 Å². The maximum atomic E-state index is 12.2. The highest BCUT2D eigenvalue weighted by Gasteiger charge is 2.16. The predicted molar refractivity (Wildman–Crippen MR) is 79.7 cm³/mol. The fourth-order valence-corrected chi connectivity index (χ4v) is 1.98. The lowest BCUT2D eigenvalue weighted by Gasteiger charge is -2.13. The Morgan fingerprint density at radius 1 is 1.15 bits per heavy atom. The second-order valence-electron chi connectivity index (χ2n) is 4.27. The van der Waals surface area contributed by atoms with Crippen molar-refractivity contribution in [3.05, 3.63) is 64.1 Å². The van der Waals surface area contributed by atoms with Crippen LogP contribution in [0.25, 0.3) is 0 Å². The van der Waals surface area contributed by atoms with Crippen LogP contribution in [0.5, 0.6) is 5.75 Å². The van der Waals surface area contributed by atoms with Crippen LogP contribution in [0.15, 0.2) is 53.0 Å². The smallest absolute Gasteiger partial charge is 0.202 e. The first kappa shape index (κ1) is 14.3. The largest absolute Gasteiger partial charge is 0.483 e. The standard InChI is InChI=1S/C16H12BrNO2/c1-11(16(19)13-4-6-14(17)7-5-13)20-15-8-2-12(10-18)3-9-15/h2-9,11H,1H3/t11-/m0/s1. The van der Waals surface area contributed by atoms with Crippen molar-refractivity contribution in [2.45, 2.75) is 13.0 Å². The SMILES string of the molecule is C[C@H](Oc1ccc(C#N)cc1)C(=O)c1ccc(Br)cc1. The molecule has 0 unspecified atom stereocenters. The third-order valence-corrected chi connectivity index (χ3v) is 3.32. The van der Waals surface area contributed by atoms with Gasteiger partial charge in [-0.2, -0.15) is 5.26 Å². The van der Waals surface area contributed by atoms with Crippen LogP contribution in [-0.4, -0.2) is 11.9 Å². The minimum absolute atomic E-state index is 0.0816. The number of carbonyl (C=O) groups excluding carboxylic acids is 1. The molecule has 2 rings (SSSR count). The molecule has 2 aromatic rings. The van der Waals surface area contributed by atoms with Crippen molar-refractivity contribution < 1.29 is 9.53 Å². The zero-order valence-electron chi connectivity index (χ0n) is 10.8. The third-order valence-electron chi connectivity index (χ3n) is 2.79. The highest BCUT2D eigenvalue weighted by atomic mass is 79.9. The summed E-state index contributed by atoms with van der Waals surface area (Å²) in [5.41, 5.74) is 1.17. The Hall–Kier alpha value is -2.12. The molecule has 0 fully saturated rings. The molecule has 0 heterocycles. The Labute approximate surface area is 125 Å². The lowest BCUT2D eigenvalue weighted by atomic mass is 10.1. The lowest BCUT2D eigenvalue weighted by Crippen LogP contribution is -2.23. The van der Waals surface area contributed by atoms with Gasteiger partial charge in [-0.3, -0.25) is 4.79 Å². The normalized spacial score (nSPS) is 11.4. The minimum atomic E-state index is -0.580. The van der Waals surface area contributed by atoms with Crippen LogP contribution in [0.1, 0.15) is 22.8 Å². The van der Waals surface area contributed by atoms with Gasteiger partial charge in [-0.1, -0.05) is 28.1 Å². The number of nitrogens with zero attached hydrogens (tertiary/aromatic N) is 1. The number of benzene rings is 2. The van der Waals surface area contributed by atoms with Crippen LogP contribution in [0.4, 0.5) is 0 Å². The van der Waals surface area contributed by atoms with Gasteiger partial charge in [0, 0.05) is 10.0 Å². The van der Waals surface area contributed by atoms with E-state index in [2.05, 4.69) is 15.9 Å². The topological polar surface area (TPSA) is 50.1 Å². The molecular formula is C16H12BrNO2. The molecule has 0 spiro atoms. The van der Waals surface area contributed by atoms with E-state index in [4.69, 9.17) is 10.00 Å². The number of ether oxygens (including phenoxy) is 1.